The fourth-order valence-electron chi connectivity index (χ4n) is 9.99. The Kier molecular flexibility index (Phi) is 54.4. The molecule has 12 heteroatoms. The molecule has 1 fully saturated rings. The summed E-state index contributed by atoms with van der Waals surface area (Å²) in [6.45, 7) is 5.96. The minimum absolute atomic E-state index is 0.0489. The van der Waals surface area contributed by atoms with Crippen LogP contribution < -0.4 is 0 Å². The molecule has 1 aliphatic rings. The van der Waals surface area contributed by atoms with Gasteiger partial charge in [-0.05, 0) is 116 Å². The van der Waals surface area contributed by atoms with Crippen LogP contribution in [-0.4, -0.2) is 89.2 Å². The van der Waals surface area contributed by atoms with E-state index in [1.807, 2.05) is 0 Å². The summed E-state index contributed by atoms with van der Waals surface area (Å²) < 4.78 is 28.6. The van der Waals surface area contributed by atoms with Crippen LogP contribution in [0.3, 0.4) is 0 Å². The van der Waals surface area contributed by atoms with Crippen LogP contribution in [0, 0.1) is 0 Å². The van der Waals surface area contributed by atoms with Gasteiger partial charge >= 0.3 is 23.9 Å². The molecule has 83 heavy (non-hydrogen) atoms. The lowest BCUT2D eigenvalue weighted by atomic mass is 9.98. The van der Waals surface area contributed by atoms with Gasteiger partial charge in [0.05, 0.1) is 6.61 Å². The molecule has 1 heterocycles. The molecule has 6 atom stereocenters. The Bertz CT molecular complexity index is 1720. The summed E-state index contributed by atoms with van der Waals surface area (Å²) in [4.78, 5) is 51.4. The molecule has 0 spiro atoms. The van der Waals surface area contributed by atoms with Crippen molar-refractivity contribution in [3.8, 4) is 0 Å². The number of ether oxygens (including phenoxy) is 5. The number of rotatable bonds is 58. The molecular weight excluding hydrogens is 1040 g/mol. The molecule has 0 aliphatic carbocycles. The summed E-state index contributed by atoms with van der Waals surface area (Å²) in [5.74, 6) is -3.14. The Morgan fingerprint density at radius 2 is 0.723 bits per heavy atom. The largest absolute Gasteiger partial charge is 0.479 e. The minimum atomic E-state index is -1.91. The standard InChI is InChI=1S/C71H122O12/c1-4-7-10-13-16-19-22-25-28-31-32-35-36-39-42-45-48-51-54-57-63(72)79-60-62(81-64(73)58-55-52-49-46-43-40-37-33-29-26-23-20-17-14-11-8-5-2)61-80-71-69(67(76)66(75)68(83-71)70(77)78)82-65(74)59-56-53-50-47-44-41-38-34-30-27-24-21-18-15-12-9-6-3/h16,18-19,21,25-30,32,35,62,66-69,71,75-76H,4-15,17,20,22-24,31,33-34,36-61H2,1-3H3,(H,77,78)/b19-16-,21-18-,28-25-,29-26-,30-27-,35-32-. The summed E-state index contributed by atoms with van der Waals surface area (Å²) in [6, 6.07) is 0. The van der Waals surface area contributed by atoms with Crippen molar-refractivity contribution in [1.29, 1.82) is 0 Å². The van der Waals surface area contributed by atoms with Gasteiger partial charge in [-0.3, -0.25) is 14.4 Å². The normalized spacial score (nSPS) is 18.0. The second-order valence-corrected chi connectivity index (χ2v) is 23.1. The number of aliphatic carboxylic acids is 1. The maximum absolute atomic E-state index is 13.2. The Morgan fingerprint density at radius 1 is 0.398 bits per heavy atom. The SMILES string of the molecule is CCCCC/C=C\C/C=C\C/C=C\CCCCCCCCC(=O)OCC(COC1OC(C(=O)O)C(O)C(O)C1OC(=O)CCCCCCCCC/C=C\C/C=C\CCCCC)OC(=O)CCCCCCCCC/C=C\CCCCCCCC. The lowest BCUT2D eigenvalue weighted by molar-refractivity contribution is -0.301. The van der Waals surface area contributed by atoms with Gasteiger partial charge in [-0.25, -0.2) is 4.79 Å². The number of unbranched alkanes of at least 4 members (excludes halogenated alkanes) is 32. The smallest absolute Gasteiger partial charge is 0.335 e. The van der Waals surface area contributed by atoms with Crippen LogP contribution >= 0.6 is 0 Å². The molecule has 1 aliphatic heterocycles. The number of carbonyl (C=O) groups is 4. The van der Waals surface area contributed by atoms with Crippen LogP contribution in [0.2, 0.25) is 0 Å². The molecule has 0 aromatic rings. The van der Waals surface area contributed by atoms with Gasteiger partial charge in [-0.15, -0.1) is 0 Å². The third kappa shape index (κ3) is 48.0. The molecule has 12 nitrogen and oxygen atoms in total. The number of carboxylic acids is 1. The number of hydrogen-bond acceptors (Lipinski definition) is 11. The quantitative estimate of drug-likeness (QED) is 0.0228. The van der Waals surface area contributed by atoms with Crippen molar-refractivity contribution in [2.45, 2.75) is 340 Å². The van der Waals surface area contributed by atoms with Crippen LogP contribution in [0.25, 0.3) is 0 Å². The van der Waals surface area contributed by atoms with Gasteiger partial charge in [-0.1, -0.05) is 241 Å². The highest BCUT2D eigenvalue weighted by molar-refractivity contribution is 5.74. The number of aliphatic hydroxyl groups is 2. The van der Waals surface area contributed by atoms with Gasteiger partial charge < -0.3 is 39.0 Å². The summed E-state index contributed by atoms with van der Waals surface area (Å²) in [5.41, 5.74) is 0. The minimum Gasteiger partial charge on any atom is -0.479 e. The van der Waals surface area contributed by atoms with E-state index in [9.17, 15) is 34.5 Å². The monoisotopic (exact) mass is 1170 g/mol. The van der Waals surface area contributed by atoms with E-state index in [0.29, 0.717) is 19.3 Å². The molecule has 0 amide bonds. The predicted molar refractivity (Wildman–Crippen MR) is 340 cm³/mol. The molecule has 0 aromatic carbocycles. The maximum Gasteiger partial charge on any atom is 0.335 e. The molecule has 0 radical (unpaired) electrons. The van der Waals surface area contributed by atoms with Gasteiger partial charge in [0.15, 0.2) is 24.6 Å². The highest BCUT2D eigenvalue weighted by Crippen LogP contribution is 2.27. The average Bonchev–Trinajstić information content (AvgIpc) is 3.59. The fraction of sp³-hybridized carbons (Fsp3) is 0.775. The van der Waals surface area contributed by atoms with Crippen LogP contribution in [0.15, 0.2) is 72.9 Å². The summed E-state index contributed by atoms with van der Waals surface area (Å²) >= 11 is 0. The van der Waals surface area contributed by atoms with E-state index in [1.165, 1.54) is 103 Å². The molecule has 0 aromatic heterocycles. The Morgan fingerprint density at radius 3 is 1.13 bits per heavy atom. The molecule has 1 rings (SSSR count). The number of carbonyl (C=O) groups excluding carboxylic acids is 3. The van der Waals surface area contributed by atoms with E-state index in [2.05, 4.69) is 93.7 Å². The average molecular weight is 1170 g/mol. The van der Waals surface area contributed by atoms with E-state index in [4.69, 9.17) is 23.7 Å². The molecule has 3 N–H and O–H groups in total. The highest BCUT2D eigenvalue weighted by atomic mass is 16.7. The first kappa shape index (κ1) is 77.2. The Hall–Kier alpha value is -3.84. The van der Waals surface area contributed by atoms with E-state index in [0.717, 1.165) is 141 Å². The number of carboxylic acid groups (broad SMARTS) is 1. The van der Waals surface area contributed by atoms with Crippen molar-refractivity contribution in [2.75, 3.05) is 13.2 Å². The third-order valence-corrected chi connectivity index (χ3v) is 15.2. The summed E-state index contributed by atoms with van der Waals surface area (Å²) in [5, 5.41) is 31.6. The maximum atomic E-state index is 13.2. The first-order chi connectivity index (χ1) is 40.6. The highest BCUT2D eigenvalue weighted by Gasteiger charge is 2.50. The van der Waals surface area contributed by atoms with Crippen molar-refractivity contribution in [3.63, 3.8) is 0 Å². The number of hydrogen-bond donors (Lipinski definition) is 3. The van der Waals surface area contributed by atoms with Crippen LogP contribution in [0.5, 0.6) is 0 Å². The van der Waals surface area contributed by atoms with E-state index in [1.54, 1.807) is 0 Å². The molecule has 478 valence electrons. The number of esters is 3. The predicted octanol–water partition coefficient (Wildman–Crippen LogP) is 18.5. The van der Waals surface area contributed by atoms with Crippen LogP contribution in [-0.2, 0) is 42.9 Å². The molecular formula is C71H122O12. The molecule has 6 unspecified atom stereocenters. The zero-order valence-corrected chi connectivity index (χ0v) is 52.9. The van der Waals surface area contributed by atoms with Gasteiger partial charge in [0.2, 0.25) is 0 Å². The van der Waals surface area contributed by atoms with Crippen LogP contribution in [0.4, 0.5) is 0 Å². The number of allylic oxidation sites excluding steroid dienone is 12. The topological polar surface area (TPSA) is 175 Å². The van der Waals surface area contributed by atoms with Crippen molar-refractivity contribution in [2.24, 2.45) is 0 Å². The first-order valence-electron chi connectivity index (χ1n) is 33.9. The third-order valence-electron chi connectivity index (χ3n) is 15.2. The Balaban J connectivity index is 2.66. The van der Waals surface area contributed by atoms with Crippen molar-refractivity contribution in [1.82, 2.24) is 0 Å². The van der Waals surface area contributed by atoms with Gasteiger partial charge in [0.1, 0.15) is 18.8 Å². The zero-order chi connectivity index (χ0) is 60.3. The second kappa shape index (κ2) is 58.5. The molecule has 0 bridgehead atoms. The zero-order valence-electron chi connectivity index (χ0n) is 52.9. The van der Waals surface area contributed by atoms with E-state index < -0.39 is 67.3 Å². The van der Waals surface area contributed by atoms with Gasteiger partial charge in [0.25, 0.3) is 0 Å². The lowest BCUT2D eigenvalue weighted by Crippen LogP contribution is -2.61. The van der Waals surface area contributed by atoms with Crippen molar-refractivity contribution < 1.29 is 58.2 Å². The van der Waals surface area contributed by atoms with Gasteiger partial charge in [-0.2, -0.15) is 0 Å². The lowest BCUT2D eigenvalue weighted by Gasteiger charge is -2.40. The molecule has 1 saturated heterocycles. The van der Waals surface area contributed by atoms with Crippen molar-refractivity contribution in [3.05, 3.63) is 72.9 Å². The second-order valence-electron chi connectivity index (χ2n) is 23.1. The summed E-state index contributed by atoms with van der Waals surface area (Å²) in [6.07, 6.45) is 62.7. The first-order valence-corrected chi connectivity index (χ1v) is 33.9. The Labute approximate surface area is 506 Å². The van der Waals surface area contributed by atoms with Crippen LogP contribution in [0.1, 0.15) is 303 Å². The van der Waals surface area contributed by atoms with Crippen molar-refractivity contribution >= 4 is 23.9 Å². The van der Waals surface area contributed by atoms with E-state index >= 15 is 0 Å². The fourth-order valence-corrected chi connectivity index (χ4v) is 9.99. The summed E-state index contributed by atoms with van der Waals surface area (Å²) in [7, 11) is 0. The van der Waals surface area contributed by atoms with E-state index in [-0.39, 0.29) is 25.9 Å². The number of aliphatic hydroxyl groups excluding tert-OH is 2. The molecule has 0 saturated carbocycles. The van der Waals surface area contributed by atoms with Gasteiger partial charge in [0, 0.05) is 19.3 Å².